The fourth-order valence-corrected chi connectivity index (χ4v) is 3.72. The summed E-state index contributed by atoms with van der Waals surface area (Å²) >= 11 is 0. The molecule has 1 aromatic carbocycles. The van der Waals surface area contributed by atoms with Gasteiger partial charge in [-0.3, -0.25) is 4.79 Å². The minimum absolute atomic E-state index is 0.224. The van der Waals surface area contributed by atoms with Crippen LogP contribution in [0.25, 0.3) is 0 Å². The molecule has 0 bridgehead atoms. The number of nitrogens with one attached hydrogen (secondary N) is 2. The third-order valence-electron chi connectivity index (χ3n) is 4.91. The van der Waals surface area contributed by atoms with Gasteiger partial charge in [0.2, 0.25) is 5.91 Å². The van der Waals surface area contributed by atoms with Crippen LogP contribution in [-0.4, -0.2) is 25.5 Å². The van der Waals surface area contributed by atoms with E-state index in [4.69, 9.17) is 0 Å². The first kappa shape index (κ1) is 14.6. The zero-order valence-electron chi connectivity index (χ0n) is 12.7. The lowest BCUT2D eigenvalue weighted by Gasteiger charge is -2.26. The smallest absolute Gasteiger partial charge is 0.220 e. The Balaban J connectivity index is 1.51. The van der Waals surface area contributed by atoms with Crippen LogP contribution in [0.5, 0.6) is 0 Å². The van der Waals surface area contributed by atoms with Gasteiger partial charge in [0.05, 0.1) is 0 Å². The molecule has 1 aliphatic heterocycles. The Morgan fingerprint density at radius 3 is 3.00 bits per heavy atom. The first-order valence-corrected chi connectivity index (χ1v) is 8.38. The van der Waals surface area contributed by atoms with Gasteiger partial charge in [-0.1, -0.05) is 24.3 Å². The molecular weight excluding hydrogens is 260 g/mol. The largest absolute Gasteiger partial charge is 0.356 e. The SMILES string of the molecule is O=C(CC1CCCc2ccccc21)NCC1CCCNC1. The maximum Gasteiger partial charge on any atom is 0.220 e. The molecule has 2 unspecified atom stereocenters. The third-order valence-corrected chi connectivity index (χ3v) is 4.91. The van der Waals surface area contributed by atoms with Gasteiger partial charge in [-0.2, -0.15) is 0 Å². The highest BCUT2D eigenvalue weighted by atomic mass is 16.1. The van der Waals surface area contributed by atoms with Crippen LogP contribution in [0.3, 0.4) is 0 Å². The van der Waals surface area contributed by atoms with Crippen LogP contribution in [0.2, 0.25) is 0 Å². The number of rotatable bonds is 4. The number of carbonyl (C=O) groups excluding carboxylic acids is 1. The van der Waals surface area contributed by atoms with E-state index in [0.717, 1.165) is 26.1 Å². The minimum Gasteiger partial charge on any atom is -0.356 e. The second kappa shape index (κ2) is 7.08. The van der Waals surface area contributed by atoms with E-state index < -0.39 is 0 Å². The molecule has 2 N–H and O–H groups in total. The molecule has 114 valence electrons. The summed E-state index contributed by atoms with van der Waals surface area (Å²) in [6.07, 6.45) is 6.65. The zero-order chi connectivity index (χ0) is 14.5. The summed E-state index contributed by atoms with van der Waals surface area (Å²) in [5.41, 5.74) is 2.84. The molecule has 3 heteroatoms. The fraction of sp³-hybridized carbons (Fsp3) is 0.611. The quantitative estimate of drug-likeness (QED) is 0.893. The number of fused-ring (bicyclic) bond motifs is 1. The second-order valence-corrected chi connectivity index (χ2v) is 6.51. The Morgan fingerprint density at radius 2 is 2.14 bits per heavy atom. The molecule has 0 saturated carbocycles. The number of aryl methyl sites for hydroxylation is 1. The van der Waals surface area contributed by atoms with Crippen molar-refractivity contribution in [2.45, 2.75) is 44.4 Å². The molecule has 21 heavy (non-hydrogen) atoms. The Labute approximate surface area is 127 Å². The maximum absolute atomic E-state index is 12.2. The molecule has 1 aliphatic carbocycles. The number of hydrogen-bond donors (Lipinski definition) is 2. The highest BCUT2D eigenvalue weighted by Crippen LogP contribution is 2.33. The monoisotopic (exact) mass is 286 g/mol. The molecule has 0 spiro atoms. The molecule has 1 amide bonds. The van der Waals surface area contributed by atoms with Crippen molar-refractivity contribution < 1.29 is 4.79 Å². The summed E-state index contributed by atoms with van der Waals surface area (Å²) in [7, 11) is 0. The maximum atomic E-state index is 12.2. The second-order valence-electron chi connectivity index (χ2n) is 6.51. The van der Waals surface area contributed by atoms with Crippen molar-refractivity contribution in [3.63, 3.8) is 0 Å². The average molecular weight is 286 g/mol. The van der Waals surface area contributed by atoms with Crippen LogP contribution in [0, 0.1) is 5.92 Å². The molecule has 0 aromatic heterocycles. The molecule has 2 atom stereocenters. The number of amides is 1. The molecular formula is C18H26N2O. The van der Waals surface area contributed by atoms with Gasteiger partial charge in [0, 0.05) is 13.0 Å². The Hall–Kier alpha value is -1.35. The summed E-state index contributed by atoms with van der Waals surface area (Å²) < 4.78 is 0. The summed E-state index contributed by atoms with van der Waals surface area (Å²) in [4.78, 5) is 12.2. The van der Waals surface area contributed by atoms with Gasteiger partial charge in [0.1, 0.15) is 0 Å². The molecule has 0 radical (unpaired) electrons. The molecule has 1 heterocycles. The number of carbonyl (C=O) groups is 1. The van der Waals surface area contributed by atoms with E-state index in [0.29, 0.717) is 18.3 Å². The van der Waals surface area contributed by atoms with E-state index in [1.54, 1.807) is 0 Å². The van der Waals surface area contributed by atoms with Crippen molar-refractivity contribution in [3.8, 4) is 0 Å². The van der Waals surface area contributed by atoms with Crippen molar-refractivity contribution in [2.24, 2.45) is 5.92 Å². The van der Waals surface area contributed by atoms with E-state index in [1.165, 1.54) is 36.8 Å². The standard InChI is InChI=1S/C18H26N2O/c21-18(20-13-14-5-4-10-19-12-14)11-16-8-3-7-15-6-1-2-9-17(15)16/h1-2,6,9,14,16,19H,3-5,7-8,10-13H2,(H,20,21). The van der Waals surface area contributed by atoms with Gasteiger partial charge < -0.3 is 10.6 Å². The van der Waals surface area contributed by atoms with E-state index in [2.05, 4.69) is 34.9 Å². The lowest BCUT2D eigenvalue weighted by atomic mass is 9.81. The zero-order valence-corrected chi connectivity index (χ0v) is 12.7. The van der Waals surface area contributed by atoms with Crippen LogP contribution in [0.4, 0.5) is 0 Å². The lowest BCUT2D eigenvalue weighted by Crippen LogP contribution is -2.38. The first-order chi connectivity index (χ1) is 10.3. The van der Waals surface area contributed by atoms with Gasteiger partial charge in [-0.15, -0.1) is 0 Å². The number of hydrogen-bond acceptors (Lipinski definition) is 2. The molecule has 2 aliphatic rings. The van der Waals surface area contributed by atoms with E-state index in [1.807, 2.05) is 0 Å². The summed E-state index contributed by atoms with van der Waals surface area (Å²) in [5.74, 6) is 1.25. The van der Waals surface area contributed by atoms with Gasteiger partial charge in [-0.05, 0) is 68.2 Å². The van der Waals surface area contributed by atoms with Crippen LogP contribution in [0.1, 0.15) is 49.1 Å². The van der Waals surface area contributed by atoms with E-state index in [-0.39, 0.29) is 5.91 Å². The predicted octanol–water partition coefficient (Wildman–Crippen LogP) is 2.61. The topological polar surface area (TPSA) is 41.1 Å². The van der Waals surface area contributed by atoms with Crippen molar-refractivity contribution in [1.29, 1.82) is 0 Å². The Kier molecular flexibility index (Phi) is 4.91. The number of piperidine rings is 1. The van der Waals surface area contributed by atoms with Crippen molar-refractivity contribution in [1.82, 2.24) is 10.6 Å². The van der Waals surface area contributed by atoms with Crippen LogP contribution in [0.15, 0.2) is 24.3 Å². The van der Waals surface area contributed by atoms with E-state index >= 15 is 0 Å². The van der Waals surface area contributed by atoms with Crippen molar-refractivity contribution >= 4 is 5.91 Å². The average Bonchev–Trinajstić information content (AvgIpc) is 2.54. The summed E-state index contributed by atoms with van der Waals surface area (Å²) in [5, 5.41) is 6.55. The lowest BCUT2D eigenvalue weighted by molar-refractivity contribution is -0.121. The third kappa shape index (κ3) is 3.85. The fourth-order valence-electron chi connectivity index (χ4n) is 3.72. The Bertz CT molecular complexity index is 480. The van der Waals surface area contributed by atoms with Crippen molar-refractivity contribution in [2.75, 3.05) is 19.6 Å². The van der Waals surface area contributed by atoms with Gasteiger partial charge in [-0.25, -0.2) is 0 Å². The molecule has 1 fully saturated rings. The van der Waals surface area contributed by atoms with Gasteiger partial charge in [0.15, 0.2) is 0 Å². The van der Waals surface area contributed by atoms with Gasteiger partial charge >= 0.3 is 0 Å². The summed E-state index contributed by atoms with van der Waals surface area (Å²) in [6.45, 7) is 3.01. The molecule has 1 aromatic rings. The summed E-state index contributed by atoms with van der Waals surface area (Å²) in [6, 6.07) is 8.63. The first-order valence-electron chi connectivity index (χ1n) is 8.38. The van der Waals surface area contributed by atoms with Gasteiger partial charge in [0.25, 0.3) is 0 Å². The van der Waals surface area contributed by atoms with E-state index in [9.17, 15) is 4.79 Å². The highest BCUT2D eigenvalue weighted by Gasteiger charge is 2.22. The van der Waals surface area contributed by atoms with Crippen LogP contribution in [-0.2, 0) is 11.2 Å². The molecule has 1 saturated heterocycles. The number of benzene rings is 1. The minimum atomic E-state index is 0.224. The van der Waals surface area contributed by atoms with Crippen LogP contribution >= 0.6 is 0 Å². The van der Waals surface area contributed by atoms with Crippen LogP contribution < -0.4 is 10.6 Å². The molecule has 3 rings (SSSR count). The highest BCUT2D eigenvalue weighted by molar-refractivity contribution is 5.77. The predicted molar refractivity (Wildman–Crippen MR) is 85.3 cm³/mol. The normalized spacial score (nSPS) is 25.1. The molecule has 3 nitrogen and oxygen atoms in total. The Morgan fingerprint density at radius 1 is 1.24 bits per heavy atom. The van der Waals surface area contributed by atoms with Crippen molar-refractivity contribution in [3.05, 3.63) is 35.4 Å².